The van der Waals surface area contributed by atoms with Gasteiger partial charge in [-0.1, -0.05) is 0 Å². The molecule has 10 heteroatoms. The first-order chi connectivity index (χ1) is 14.7. The van der Waals surface area contributed by atoms with E-state index in [-0.39, 0.29) is 30.8 Å². The van der Waals surface area contributed by atoms with Crippen LogP contribution in [0.4, 0.5) is 14.5 Å². The molecule has 31 heavy (non-hydrogen) atoms. The van der Waals surface area contributed by atoms with Crippen LogP contribution in [-0.4, -0.2) is 45.1 Å². The normalized spacial score (nSPS) is 18.5. The van der Waals surface area contributed by atoms with Gasteiger partial charge in [0, 0.05) is 42.2 Å². The third-order valence-corrected chi connectivity index (χ3v) is 5.19. The van der Waals surface area contributed by atoms with Gasteiger partial charge in [-0.05, 0) is 42.0 Å². The number of fused-ring (bicyclic) bond motifs is 1. The summed E-state index contributed by atoms with van der Waals surface area (Å²) in [5.41, 5.74) is -1.24. The van der Waals surface area contributed by atoms with Crippen molar-refractivity contribution in [1.82, 2.24) is 10.3 Å². The van der Waals surface area contributed by atoms with E-state index in [1.54, 1.807) is 18.2 Å². The number of halogens is 2. The number of nitrogens with one attached hydrogen (secondary N) is 2. The zero-order valence-electron chi connectivity index (χ0n) is 16.0. The van der Waals surface area contributed by atoms with Gasteiger partial charge in [0.1, 0.15) is 17.3 Å². The van der Waals surface area contributed by atoms with Gasteiger partial charge in [-0.3, -0.25) is 9.59 Å². The Hall–Kier alpha value is -3.79. The van der Waals surface area contributed by atoms with E-state index < -0.39 is 35.0 Å². The smallest absolute Gasteiger partial charge is 0.352 e. The monoisotopic (exact) mass is 429 g/mol. The van der Waals surface area contributed by atoms with E-state index in [1.807, 2.05) is 0 Å². The average Bonchev–Trinajstić information content (AvgIpc) is 3.27. The molecule has 0 aliphatic carbocycles. The van der Waals surface area contributed by atoms with Crippen LogP contribution in [0.15, 0.2) is 42.5 Å². The second kappa shape index (κ2) is 7.47. The van der Waals surface area contributed by atoms with Crippen molar-refractivity contribution < 1.29 is 33.4 Å². The summed E-state index contributed by atoms with van der Waals surface area (Å²) in [4.78, 5) is 40.4. The van der Waals surface area contributed by atoms with Gasteiger partial charge in [0.15, 0.2) is 0 Å². The molecule has 4 N–H and O–H groups in total. The minimum atomic E-state index is -2.33. The number of aromatic carboxylic acids is 1. The molecule has 3 aromatic rings. The van der Waals surface area contributed by atoms with Crippen LogP contribution in [0.3, 0.4) is 0 Å². The first-order valence-corrected chi connectivity index (χ1v) is 9.31. The van der Waals surface area contributed by atoms with E-state index in [2.05, 4.69) is 10.3 Å². The van der Waals surface area contributed by atoms with Gasteiger partial charge in [0.25, 0.3) is 11.8 Å². The van der Waals surface area contributed by atoms with Crippen LogP contribution in [0, 0.1) is 11.6 Å². The Labute approximate surface area is 174 Å². The maximum atomic E-state index is 13.3. The first kappa shape index (κ1) is 20.5. The maximum Gasteiger partial charge on any atom is 0.352 e. The molecule has 0 radical (unpaired) electrons. The average molecular weight is 429 g/mol. The second-order valence-corrected chi connectivity index (χ2v) is 7.29. The third-order valence-electron chi connectivity index (χ3n) is 5.19. The Balaban J connectivity index is 1.51. The lowest BCUT2D eigenvalue weighted by Crippen LogP contribution is -2.52. The molecule has 1 aliphatic heterocycles. The van der Waals surface area contributed by atoms with Crippen molar-refractivity contribution in [3.63, 3.8) is 0 Å². The fourth-order valence-electron chi connectivity index (χ4n) is 3.61. The van der Waals surface area contributed by atoms with Crippen LogP contribution >= 0.6 is 0 Å². The first-order valence-electron chi connectivity index (χ1n) is 9.31. The van der Waals surface area contributed by atoms with Crippen LogP contribution in [0.1, 0.15) is 22.5 Å². The van der Waals surface area contributed by atoms with E-state index >= 15 is 0 Å². The minimum Gasteiger partial charge on any atom is -0.477 e. The predicted molar refractivity (Wildman–Crippen MR) is 105 cm³/mol. The molecular formula is C21H17F2N3O5. The standard InChI is InChI=1S/C21H17F2N3O5/c22-13-5-11(6-14(23)9-13)10-24-19(29)21(31)3-4-26(20(21)30)15-1-2-16-12(7-15)8-17(25-16)18(27)28/h1-2,5-9,25,31H,3-4,10H2,(H,24,29)(H,27,28). The highest BCUT2D eigenvalue weighted by Crippen LogP contribution is 2.31. The number of hydrogen-bond acceptors (Lipinski definition) is 4. The molecule has 1 aromatic heterocycles. The Kier molecular flexibility index (Phi) is 4.94. The number of benzene rings is 2. The van der Waals surface area contributed by atoms with Crippen LogP contribution in [0.2, 0.25) is 0 Å². The van der Waals surface area contributed by atoms with Gasteiger partial charge in [0.2, 0.25) is 5.60 Å². The van der Waals surface area contributed by atoms with Gasteiger partial charge < -0.3 is 25.4 Å². The largest absolute Gasteiger partial charge is 0.477 e. The highest BCUT2D eigenvalue weighted by molar-refractivity contribution is 6.16. The van der Waals surface area contributed by atoms with Crippen molar-refractivity contribution in [2.75, 3.05) is 11.4 Å². The van der Waals surface area contributed by atoms with E-state index in [1.165, 1.54) is 11.0 Å². The summed E-state index contributed by atoms with van der Waals surface area (Å²) in [6.45, 7) is -0.213. The van der Waals surface area contributed by atoms with Crippen molar-refractivity contribution in [2.24, 2.45) is 0 Å². The number of amides is 2. The highest BCUT2D eigenvalue weighted by atomic mass is 19.1. The summed E-state index contributed by atoms with van der Waals surface area (Å²) in [7, 11) is 0. The number of carboxylic acid groups (broad SMARTS) is 1. The lowest BCUT2D eigenvalue weighted by atomic mass is 10.0. The number of aromatic nitrogens is 1. The van der Waals surface area contributed by atoms with Crippen LogP contribution in [-0.2, 0) is 16.1 Å². The summed E-state index contributed by atoms with van der Waals surface area (Å²) in [5, 5.41) is 22.7. The molecule has 1 unspecified atom stereocenters. The van der Waals surface area contributed by atoms with Gasteiger partial charge >= 0.3 is 5.97 Å². The number of nitrogens with zero attached hydrogens (tertiary/aromatic N) is 1. The molecule has 0 spiro atoms. The quantitative estimate of drug-likeness (QED) is 0.462. The highest BCUT2D eigenvalue weighted by Gasteiger charge is 2.51. The molecule has 4 rings (SSSR count). The Morgan fingerprint density at radius 3 is 2.52 bits per heavy atom. The molecule has 1 atom stereocenters. The summed E-state index contributed by atoms with van der Waals surface area (Å²) in [6, 6.07) is 8.93. The molecule has 2 heterocycles. The fourth-order valence-corrected chi connectivity index (χ4v) is 3.61. The summed E-state index contributed by atoms with van der Waals surface area (Å²) in [5.74, 6) is -4.56. The summed E-state index contributed by atoms with van der Waals surface area (Å²) >= 11 is 0. The van der Waals surface area contributed by atoms with Crippen molar-refractivity contribution >= 4 is 34.4 Å². The van der Waals surface area contributed by atoms with Gasteiger partial charge in [-0.2, -0.15) is 0 Å². The zero-order valence-corrected chi connectivity index (χ0v) is 16.0. The summed E-state index contributed by atoms with van der Waals surface area (Å²) < 4.78 is 26.6. The molecule has 8 nitrogen and oxygen atoms in total. The molecule has 1 fully saturated rings. The SMILES string of the molecule is O=C(O)c1cc2cc(N3CCC(O)(C(=O)NCc4cc(F)cc(F)c4)C3=O)ccc2[nH]1. The molecule has 2 aromatic carbocycles. The molecule has 2 amide bonds. The van der Waals surface area contributed by atoms with Crippen LogP contribution in [0.5, 0.6) is 0 Å². The second-order valence-electron chi connectivity index (χ2n) is 7.29. The molecular weight excluding hydrogens is 412 g/mol. The minimum absolute atomic E-state index is 0.00966. The molecule has 0 saturated carbocycles. The van der Waals surface area contributed by atoms with Crippen LogP contribution in [0.25, 0.3) is 10.9 Å². The lowest BCUT2D eigenvalue weighted by molar-refractivity contribution is -0.149. The van der Waals surface area contributed by atoms with E-state index in [9.17, 15) is 28.3 Å². The number of carbonyl (C=O) groups is 3. The van der Waals surface area contributed by atoms with Gasteiger partial charge in [-0.25, -0.2) is 13.6 Å². The van der Waals surface area contributed by atoms with Gasteiger partial charge in [-0.15, -0.1) is 0 Å². The fraction of sp³-hybridized carbons (Fsp3) is 0.190. The third kappa shape index (κ3) is 3.73. The Morgan fingerprint density at radius 1 is 1.13 bits per heavy atom. The molecule has 1 saturated heterocycles. The number of aromatic amines is 1. The van der Waals surface area contributed by atoms with Crippen molar-refractivity contribution in [3.8, 4) is 0 Å². The predicted octanol–water partition coefficient (Wildman–Crippen LogP) is 1.93. The lowest BCUT2D eigenvalue weighted by Gasteiger charge is -2.22. The number of aliphatic hydroxyl groups is 1. The Bertz CT molecular complexity index is 1200. The topological polar surface area (TPSA) is 123 Å². The van der Waals surface area contributed by atoms with Gasteiger partial charge in [0.05, 0.1) is 0 Å². The zero-order chi connectivity index (χ0) is 22.3. The number of rotatable bonds is 5. The molecule has 0 bridgehead atoms. The number of carbonyl (C=O) groups excluding carboxylic acids is 2. The number of carboxylic acids is 1. The van der Waals surface area contributed by atoms with E-state index in [4.69, 9.17) is 5.11 Å². The van der Waals surface area contributed by atoms with E-state index in [0.717, 1.165) is 12.1 Å². The van der Waals surface area contributed by atoms with Crippen molar-refractivity contribution in [3.05, 3.63) is 65.4 Å². The number of anilines is 1. The van der Waals surface area contributed by atoms with Crippen molar-refractivity contribution in [1.29, 1.82) is 0 Å². The van der Waals surface area contributed by atoms with E-state index in [0.29, 0.717) is 22.7 Å². The Morgan fingerprint density at radius 2 is 1.84 bits per heavy atom. The summed E-state index contributed by atoms with van der Waals surface area (Å²) in [6.07, 6.45) is -0.180. The molecule has 1 aliphatic rings. The molecule has 160 valence electrons. The van der Waals surface area contributed by atoms with Crippen LogP contribution < -0.4 is 10.2 Å². The maximum absolute atomic E-state index is 13.3. The number of H-pyrrole nitrogens is 1. The van der Waals surface area contributed by atoms with Crippen molar-refractivity contribution in [2.45, 2.75) is 18.6 Å². The number of hydrogen-bond donors (Lipinski definition) is 4.